The average Bonchev–Trinajstić information content (AvgIpc) is 3.22. The standard InChI is InChI=1S/C18H12F6N4OS.C2HF3O2/c19-17(20,21)10-5-3-9(4-6-10)13(28-15(29)12-8-30-16(25)27-12)14-11(18(22,23)24)2-1-7-26-14;3-2(4,5)1(6)7/h1-8,13H,(H2,25,27)(H,28,29);(H,6,7)/t13-;/m0./s1. The van der Waals surface area contributed by atoms with Crippen molar-refractivity contribution in [1.82, 2.24) is 15.3 Å². The van der Waals surface area contributed by atoms with Gasteiger partial charge in [0, 0.05) is 11.6 Å². The van der Waals surface area contributed by atoms with Gasteiger partial charge < -0.3 is 16.2 Å². The highest BCUT2D eigenvalue weighted by Crippen LogP contribution is 2.36. The number of aliphatic carboxylic acids is 1. The Labute approximate surface area is 204 Å². The molecule has 0 bridgehead atoms. The molecule has 0 saturated carbocycles. The fourth-order valence-electron chi connectivity index (χ4n) is 2.66. The number of nitrogen functional groups attached to an aromatic ring is 1. The summed E-state index contributed by atoms with van der Waals surface area (Å²) in [5.41, 5.74) is 2.62. The van der Waals surface area contributed by atoms with Crippen LogP contribution in [0.5, 0.6) is 0 Å². The number of aromatic nitrogens is 2. The highest BCUT2D eigenvalue weighted by Gasteiger charge is 2.39. The first kappa shape index (κ1) is 29.3. The van der Waals surface area contributed by atoms with Crippen LogP contribution in [0.25, 0.3) is 0 Å². The van der Waals surface area contributed by atoms with Crippen molar-refractivity contribution in [1.29, 1.82) is 0 Å². The summed E-state index contributed by atoms with van der Waals surface area (Å²) in [5.74, 6) is -3.61. The van der Waals surface area contributed by atoms with E-state index < -0.39 is 53.3 Å². The van der Waals surface area contributed by atoms with E-state index in [4.69, 9.17) is 15.6 Å². The quantitative estimate of drug-likeness (QED) is 0.373. The maximum absolute atomic E-state index is 13.5. The molecule has 0 saturated heterocycles. The first-order valence-corrected chi connectivity index (χ1v) is 10.3. The van der Waals surface area contributed by atoms with Gasteiger partial charge in [0.05, 0.1) is 22.9 Å². The van der Waals surface area contributed by atoms with E-state index in [0.717, 1.165) is 41.8 Å². The van der Waals surface area contributed by atoms with Crippen LogP contribution in [0.3, 0.4) is 0 Å². The highest BCUT2D eigenvalue weighted by atomic mass is 32.1. The van der Waals surface area contributed by atoms with Crippen LogP contribution in [-0.4, -0.2) is 33.1 Å². The smallest absolute Gasteiger partial charge is 0.475 e. The number of carboxylic acid groups (broad SMARTS) is 1. The summed E-state index contributed by atoms with van der Waals surface area (Å²) in [6, 6.07) is 3.75. The lowest BCUT2D eigenvalue weighted by Crippen LogP contribution is -2.32. The normalized spacial score (nSPS) is 12.8. The van der Waals surface area contributed by atoms with Crippen LogP contribution in [0.2, 0.25) is 0 Å². The minimum Gasteiger partial charge on any atom is -0.475 e. The van der Waals surface area contributed by atoms with Crippen molar-refractivity contribution >= 4 is 28.3 Å². The molecule has 200 valence electrons. The third kappa shape index (κ3) is 8.06. The van der Waals surface area contributed by atoms with Gasteiger partial charge in [-0.05, 0) is 29.8 Å². The number of carbonyl (C=O) groups excluding carboxylic acids is 1. The van der Waals surface area contributed by atoms with E-state index in [9.17, 15) is 44.3 Å². The van der Waals surface area contributed by atoms with Gasteiger partial charge in [-0.3, -0.25) is 9.78 Å². The molecule has 0 aliphatic rings. The largest absolute Gasteiger partial charge is 0.490 e. The van der Waals surface area contributed by atoms with Crippen LogP contribution < -0.4 is 11.1 Å². The Kier molecular flexibility index (Phi) is 8.74. The Hall–Kier alpha value is -3.89. The third-order valence-electron chi connectivity index (χ3n) is 4.26. The number of nitrogens with two attached hydrogens (primary N) is 1. The van der Waals surface area contributed by atoms with Gasteiger partial charge in [-0.25, -0.2) is 9.78 Å². The summed E-state index contributed by atoms with van der Waals surface area (Å²) in [6.45, 7) is 0. The van der Waals surface area contributed by atoms with Crippen LogP contribution in [0.4, 0.5) is 44.6 Å². The number of amides is 1. The average molecular weight is 560 g/mol. The van der Waals surface area contributed by atoms with Gasteiger partial charge in [-0.2, -0.15) is 39.5 Å². The Morgan fingerprint density at radius 3 is 1.95 bits per heavy atom. The molecule has 7 nitrogen and oxygen atoms in total. The predicted molar refractivity (Wildman–Crippen MR) is 110 cm³/mol. The number of nitrogens with zero attached hydrogens (tertiary/aromatic N) is 2. The topological polar surface area (TPSA) is 118 Å². The van der Waals surface area contributed by atoms with Crippen molar-refractivity contribution in [2.24, 2.45) is 0 Å². The molecule has 2 heterocycles. The van der Waals surface area contributed by atoms with E-state index in [-0.39, 0.29) is 16.4 Å². The second-order valence-electron chi connectivity index (χ2n) is 6.83. The van der Waals surface area contributed by atoms with Gasteiger partial charge in [0.15, 0.2) is 5.13 Å². The van der Waals surface area contributed by atoms with Crippen molar-refractivity contribution in [2.75, 3.05) is 5.73 Å². The molecule has 1 aromatic carbocycles. The zero-order valence-corrected chi connectivity index (χ0v) is 18.6. The number of hydrogen-bond acceptors (Lipinski definition) is 6. The van der Waals surface area contributed by atoms with Gasteiger partial charge in [0.2, 0.25) is 0 Å². The lowest BCUT2D eigenvalue weighted by atomic mass is 9.97. The Morgan fingerprint density at radius 1 is 0.946 bits per heavy atom. The molecule has 3 rings (SSSR count). The molecular formula is C20H13F9N4O3S. The number of benzene rings is 1. The monoisotopic (exact) mass is 560 g/mol. The second kappa shape index (κ2) is 11.0. The number of carboxylic acids is 1. The SMILES string of the molecule is Nc1nc(C(=O)N[C@@H](c2ccc(C(F)(F)F)cc2)c2ncccc2C(F)(F)F)cs1.O=C(O)C(F)(F)F. The van der Waals surface area contributed by atoms with Crippen molar-refractivity contribution < 1.29 is 54.2 Å². The maximum Gasteiger partial charge on any atom is 0.490 e. The van der Waals surface area contributed by atoms with Crippen molar-refractivity contribution in [3.05, 3.63) is 76.1 Å². The number of anilines is 1. The Bertz CT molecular complexity index is 1240. The summed E-state index contributed by atoms with van der Waals surface area (Å²) >= 11 is 0.949. The Morgan fingerprint density at radius 2 is 1.51 bits per heavy atom. The second-order valence-corrected chi connectivity index (χ2v) is 7.72. The molecule has 4 N–H and O–H groups in total. The maximum atomic E-state index is 13.5. The molecule has 0 radical (unpaired) electrons. The molecule has 0 aliphatic carbocycles. The first-order chi connectivity index (χ1) is 16.9. The molecule has 0 unspecified atom stereocenters. The molecule has 2 aromatic heterocycles. The van der Waals surface area contributed by atoms with Gasteiger partial charge in [0.1, 0.15) is 5.69 Å². The minimum atomic E-state index is -5.08. The van der Waals surface area contributed by atoms with E-state index in [1.54, 1.807) is 0 Å². The Balaban J connectivity index is 0.000000604. The van der Waals surface area contributed by atoms with Crippen LogP contribution >= 0.6 is 11.3 Å². The van der Waals surface area contributed by atoms with Crippen molar-refractivity contribution in [3.63, 3.8) is 0 Å². The molecule has 37 heavy (non-hydrogen) atoms. The number of alkyl halides is 9. The third-order valence-corrected chi connectivity index (χ3v) is 4.94. The van der Waals surface area contributed by atoms with E-state index in [1.807, 2.05) is 0 Å². The number of carbonyl (C=O) groups is 2. The van der Waals surface area contributed by atoms with Crippen LogP contribution in [0, 0.1) is 0 Å². The molecule has 1 amide bonds. The molecule has 3 aromatic rings. The molecular weight excluding hydrogens is 547 g/mol. The minimum absolute atomic E-state index is 0.0243. The van der Waals surface area contributed by atoms with Crippen molar-refractivity contribution in [3.8, 4) is 0 Å². The van der Waals surface area contributed by atoms with Gasteiger partial charge in [0.25, 0.3) is 5.91 Å². The van der Waals surface area contributed by atoms with E-state index in [2.05, 4.69) is 15.3 Å². The van der Waals surface area contributed by atoms with E-state index in [1.165, 1.54) is 5.38 Å². The number of thiazole rings is 1. The zero-order chi connectivity index (χ0) is 28.2. The molecule has 0 spiro atoms. The number of pyridine rings is 1. The molecule has 0 fully saturated rings. The summed E-state index contributed by atoms with van der Waals surface area (Å²) in [7, 11) is 0. The summed E-state index contributed by atoms with van der Waals surface area (Å²) in [6.07, 6.45) is -13.4. The highest BCUT2D eigenvalue weighted by molar-refractivity contribution is 7.13. The first-order valence-electron chi connectivity index (χ1n) is 9.42. The predicted octanol–water partition coefficient (Wildman–Crippen LogP) is 5.31. The summed E-state index contributed by atoms with van der Waals surface area (Å²) in [5, 5.41) is 10.9. The van der Waals surface area contributed by atoms with Gasteiger partial charge in [-0.15, -0.1) is 11.3 Å². The molecule has 17 heteroatoms. The van der Waals surface area contributed by atoms with Gasteiger partial charge in [-0.1, -0.05) is 12.1 Å². The fraction of sp³-hybridized carbons (Fsp3) is 0.200. The van der Waals surface area contributed by atoms with Crippen LogP contribution in [0.15, 0.2) is 48.0 Å². The van der Waals surface area contributed by atoms with E-state index >= 15 is 0 Å². The lowest BCUT2D eigenvalue weighted by molar-refractivity contribution is -0.192. The van der Waals surface area contributed by atoms with Crippen LogP contribution in [0.1, 0.15) is 38.9 Å². The van der Waals surface area contributed by atoms with Crippen molar-refractivity contribution in [2.45, 2.75) is 24.6 Å². The van der Waals surface area contributed by atoms with Gasteiger partial charge >= 0.3 is 24.5 Å². The number of halogens is 9. The summed E-state index contributed by atoms with van der Waals surface area (Å²) in [4.78, 5) is 28.9. The lowest BCUT2D eigenvalue weighted by Gasteiger charge is -2.22. The number of hydrogen-bond donors (Lipinski definition) is 3. The van der Waals surface area contributed by atoms with E-state index in [0.29, 0.717) is 12.1 Å². The fourth-order valence-corrected chi connectivity index (χ4v) is 3.20. The molecule has 0 aliphatic heterocycles. The zero-order valence-electron chi connectivity index (χ0n) is 17.7. The molecule has 1 atom stereocenters. The van der Waals surface area contributed by atoms with Crippen LogP contribution in [-0.2, 0) is 17.1 Å². The number of rotatable bonds is 4. The summed E-state index contributed by atoms with van der Waals surface area (Å²) < 4.78 is 111. The number of nitrogens with one attached hydrogen (secondary N) is 1.